The lowest BCUT2D eigenvalue weighted by molar-refractivity contribution is -0.119. The number of rotatable bonds is 8. The number of amides is 2. The Kier molecular flexibility index (Phi) is 8.96. The lowest BCUT2D eigenvalue weighted by Crippen LogP contribution is -2.30. The Balaban J connectivity index is 1.18. The summed E-state index contributed by atoms with van der Waals surface area (Å²) in [4.78, 5) is 24.4. The van der Waals surface area contributed by atoms with Gasteiger partial charge >= 0.3 is 0 Å². The molecule has 0 saturated heterocycles. The first kappa shape index (κ1) is 25.7. The van der Waals surface area contributed by atoms with E-state index in [0.29, 0.717) is 22.5 Å². The quantitative estimate of drug-likeness (QED) is 0.253. The lowest BCUT2D eigenvalue weighted by Gasteiger charge is -2.13. The molecule has 0 spiro atoms. The molecular weight excluding hydrogens is 492 g/mol. The average Bonchev–Trinajstić information content (AvgIpc) is 3.50. The molecule has 1 heterocycles. The van der Waals surface area contributed by atoms with E-state index < -0.39 is 0 Å². The third-order valence-electron chi connectivity index (χ3n) is 5.97. The van der Waals surface area contributed by atoms with Crippen molar-refractivity contribution < 1.29 is 9.59 Å². The molecule has 1 aliphatic rings. The number of benzene rings is 2. The molecule has 0 unspecified atom stereocenters. The van der Waals surface area contributed by atoms with Crippen molar-refractivity contribution in [2.24, 2.45) is 11.8 Å². The predicted octanol–water partition coefficient (Wildman–Crippen LogP) is 4.68. The number of hydrogen-bond donors (Lipinski definition) is 4. The summed E-state index contributed by atoms with van der Waals surface area (Å²) in [6, 6.07) is 18.9. The summed E-state index contributed by atoms with van der Waals surface area (Å²) in [6.45, 7) is 0. The molecule has 1 aromatic heterocycles. The van der Waals surface area contributed by atoms with Crippen LogP contribution in [0.3, 0.4) is 0 Å². The van der Waals surface area contributed by atoms with Crippen molar-refractivity contribution in [2.75, 3.05) is 5.32 Å². The van der Waals surface area contributed by atoms with Crippen molar-refractivity contribution in [2.45, 2.75) is 38.5 Å². The van der Waals surface area contributed by atoms with Gasteiger partial charge in [-0.15, -0.1) is 10.2 Å². The summed E-state index contributed by atoms with van der Waals surface area (Å²) in [7, 11) is 0. The second-order valence-electron chi connectivity index (χ2n) is 8.80. The first-order valence-electron chi connectivity index (χ1n) is 11.8. The molecule has 3 aromatic rings. The molecule has 4 rings (SSSR count). The molecule has 1 fully saturated rings. The Labute approximate surface area is 218 Å². The van der Waals surface area contributed by atoms with Crippen LogP contribution in [0.4, 0.5) is 5.13 Å². The van der Waals surface area contributed by atoms with Crippen LogP contribution in [0, 0.1) is 22.7 Å². The number of nitrogens with one attached hydrogen (secondary N) is 4. The first-order valence-corrected chi connectivity index (χ1v) is 13.4. The third-order valence-corrected chi connectivity index (χ3v) is 7.69. The number of aromatic nitrogens is 2. The van der Waals surface area contributed by atoms with Crippen LogP contribution in [0.2, 0.25) is 0 Å². The van der Waals surface area contributed by atoms with Gasteiger partial charge in [-0.05, 0) is 48.1 Å². The highest BCUT2D eigenvalue weighted by Gasteiger charge is 2.29. The highest BCUT2D eigenvalue weighted by molar-refractivity contribution is 8.26. The molecular formula is C26H28N6O2S2. The molecule has 0 bridgehead atoms. The van der Waals surface area contributed by atoms with Crippen molar-refractivity contribution in [3.8, 4) is 0 Å². The number of hydrogen-bond acceptors (Lipinski definition) is 8. The van der Waals surface area contributed by atoms with Gasteiger partial charge in [-0.1, -0.05) is 72.0 Å². The van der Waals surface area contributed by atoms with Crippen LogP contribution < -0.4 is 10.6 Å². The Hall–Kier alpha value is -3.37. The van der Waals surface area contributed by atoms with Crippen molar-refractivity contribution in [1.82, 2.24) is 15.5 Å². The van der Waals surface area contributed by atoms with Crippen LogP contribution in [0.1, 0.15) is 35.4 Å². The molecule has 10 heteroatoms. The molecule has 2 aromatic carbocycles. The van der Waals surface area contributed by atoms with Crippen molar-refractivity contribution in [3.05, 3.63) is 76.8 Å². The molecule has 2 atom stereocenters. The smallest absolute Gasteiger partial charge is 0.230 e. The van der Waals surface area contributed by atoms with Gasteiger partial charge in [-0.25, -0.2) is 0 Å². The van der Waals surface area contributed by atoms with Gasteiger partial charge in [0, 0.05) is 12.3 Å². The van der Waals surface area contributed by atoms with Gasteiger partial charge in [-0.3, -0.25) is 20.4 Å². The average molecular weight is 521 g/mol. The lowest BCUT2D eigenvalue weighted by atomic mass is 10.0. The fourth-order valence-corrected chi connectivity index (χ4v) is 5.88. The summed E-state index contributed by atoms with van der Waals surface area (Å²) in [5.74, 6) is 0.0790. The highest BCUT2D eigenvalue weighted by atomic mass is 32.2. The second kappa shape index (κ2) is 12.5. The maximum absolute atomic E-state index is 12.3. The van der Waals surface area contributed by atoms with Crippen LogP contribution in [-0.4, -0.2) is 32.2 Å². The van der Waals surface area contributed by atoms with E-state index in [2.05, 4.69) is 20.8 Å². The molecule has 4 N–H and O–H groups in total. The fraction of sp³-hybridized carbons (Fsp3) is 0.308. The van der Waals surface area contributed by atoms with Crippen molar-refractivity contribution in [3.63, 3.8) is 0 Å². The van der Waals surface area contributed by atoms with E-state index in [9.17, 15) is 9.59 Å². The number of anilines is 1. The number of thioether (sulfide) groups is 1. The summed E-state index contributed by atoms with van der Waals surface area (Å²) in [5.41, 5.74) is 1.83. The largest absolute Gasteiger partial charge is 0.305 e. The van der Waals surface area contributed by atoms with E-state index in [-0.39, 0.29) is 29.3 Å². The summed E-state index contributed by atoms with van der Waals surface area (Å²) >= 11 is 2.41. The Morgan fingerprint density at radius 2 is 1.56 bits per heavy atom. The van der Waals surface area contributed by atoms with E-state index in [1.807, 2.05) is 60.7 Å². The van der Waals surface area contributed by atoms with E-state index >= 15 is 0 Å². The molecule has 1 aliphatic carbocycles. The zero-order chi connectivity index (χ0) is 25.3. The summed E-state index contributed by atoms with van der Waals surface area (Å²) in [6.07, 6.45) is 3.94. The van der Waals surface area contributed by atoms with E-state index in [0.717, 1.165) is 53.6 Å². The molecule has 2 amide bonds. The van der Waals surface area contributed by atoms with E-state index in [1.165, 1.54) is 11.3 Å². The van der Waals surface area contributed by atoms with E-state index in [1.54, 1.807) is 0 Å². The number of nitrogens with zero attached hydrogens (tertiary/aromatic N) is 2. The Morgan fingerprint density at radius 3 is 2.22 bits per heavy atom. The fourth-order valence-electron chi connectivity index (χ4n) is 4.25. The number of carbonyl (C=O) groups is 2. The van der Waals surface area contributed by atoms with Gasteiger partial charge in [-0.2, -0.15) is 0 Å². The Morgan fingerprint density at radius 1 is 0.917 bits per heavy atom. The first-order chi connectivity index (χ1) is 17.4. The van der Waals surface area contributed by atoms with Gasteiger partial charge in [0.15, 0.2) is 5.17 Å². The van der Waals surface area contributed by atoms with Gasteiger partial charge in [0.25, 0.3) is 0 Å². The standard InChI is InChI=1S/C26H28N6O2S2/c27-24(36-25(28)29-21(33)14-17-7-3-1-4-8-17)20-12-11-19(13-20)16-23-31-32-26(35-23)30-22(34)15-18-9-5-2-6-10-18/h1-10,19-20,27H,11-16H2,(H2,28,29,33)(H,30,32,34)/t19-,20+/m0/s1. The van der Waals surface area contributed by atoms with Crippen LogP contribution in [0.25, 0.3) is 0 Å². The van der Waals surface area contributed by atoms with Crippen LogP contribution in [0.5, 0.6) is 0 Å². The minimum Gasteiger partial charge on any atom is -0.305 e. The molecule has 1 saturated carbocycles. The minimum atomic E-state index is -0.251. The zero-order valence-electron chi connectivity index (χ0n) is 19.7. The summed E-state index contributed by atoms with van der Waals surface area (Å²) < 4.78 is 0. The minimum absolute atomic E-state index is 0.00982. The molecule has 0 aliphatic heterocycles. The van der Waals surface area contributed by atoms with Gasteiger partial charge in [0.05, 0.1) is 17.9 Å². The summed E-state index contributed by atoms with van der Waals surface area (Å²) in [5, 5.41) is 32.0. The van der Waals surface area contributed by atoms with Crippen LogP contribution in [-0.2, 0) is 28.9 Å². The Bertz CT molecular complexity index is 1220. The molecule has 0 radical (unpaired) electrons. The van der Waals surface area contributed by atoms with Gasteiger partial charge < -0.3 is 10.6 Å². The maximum atomic E-state index is 12.3. The highest BCUT2D eigenvalue weighted by Crippen LogP contribution is 2.36. The zero-order valence-corrected chi connectivity index (χ0v) is 21.3. The molecule has 36 heavy (non-hydrogen) atoms. The normalized spacial score (nSPS) is 16.9. The maximum Gasteiger partial charge on any atom is 0.230 e. The monoisotopic (exact) mass is 520 g/mol. The predicted molar refractivity (Wildman–Crippen MR) is 145 cm³/mol. The molecule has 186 valence electrons. The van der Waals surface area contributed by atoms with E-state index in [4.69, 9.17) is 10.8 Å². The SMILES string of the molecule is N=C(NC(=O)Cc1ccccc1)SC(=N)[C@@H]1CC[C@H](Cc2nnc(NC(=O)Cc3ccccc3)s2)C1. The van der Waals surface area contributed by atoms with Gasteiger partial charge in [0.1, 0.15) is 5.01 Å². The molecule has 8 nitrogen and oxygen atoms in total. The number of amidine groups is 1. The van der Waals surface area contributed by atoms with Crippen molar-refractivity contribution >= 4 is 50.3 Å². The topological polar surface area (TPSA) is 132 Å². The third kappa shape index (κ3) is 7.82. The van der Waals surface area contributed by atoms with Crippen LogP contribution in [0.15, 0.2) is 60.7 Å². The van der Waals surface area contributed by atoms with Crippen LogP contribution >= 0.6 is 23.1 Å². The number of carbonyl (C=O) groups excluding carboxylic acids is 2. The van der Waals surface area contributed by atoms with Gasteiger partial charge in [0.2, 0.25) is 16.9 Å². The second-order valence-corrected chi connectivity index (χ2v) is 10.9. The van der Waals surface area contributed by atoms with Crippen molar-refractivity contribution in [1.29, 1.82) is 10.8 Å².